The molecular formula is C21H24N2O5. The number of hydrogen-bond donors (Lipinski definition) is 3. The molecule has 0 radical (unpaired) electrons. The van der Waals surface area contributed by atoms with Gasteiger partial charge in [-0.2, -0.15) is 0 Å². The van der Waals surface area contributed by atoms with Crippen LogP contribution in [-0.4, -0.2) is 52.2 Å². The van der Waals surface area contributed by atoms with E-state index in [9.17, 15) is 19.8 Å². The van der Waals surface area contributed by atoms with E-state index >= 15 is 0 Å². The minimum absolute atomic E-state index is 0.0483. The molecule has 3 N–H and O–H groups in total. The third-order valence-electron chi connectivity index (χ3n) is 4.79. The normalized spacial score (nSPS) is 15.7. The summed E-state index contributed by atoms with van der Waals surface area (Å²) >= 11 is 0. The Kier molecular flexibility index (Phi) is 6.03. The van der Waals surface area contributed by atoms with Crippen molar-refractivity contribution < 1.29 is 24.5 Å². The number of para-hydroxylation sites is 1. The van der Waals surface area contributed by atoms with Crippen LogP contribution in [-0.2, 0) is 4.79 Å². The van der Waals surface area contributed by atoms with Crippen LogP contribution in [0.15, 0.2) is 48.5 Å². The maximum Gasteiger partial charge on any atom is 0.263 e. The predicted molar refractivity (Wildman–Crippen MR) is 103 cm³/mol. The largest absolute Gasteiger partial charge is 0.508 e. The van der Waals surface area contributed by atoms with E-state index in [4.69, 9.17) is 4.74 Å². The summed E-state index contributed by atoms with van der Waals surface area (Å²) in [4.78, 5) is 26.6. The van der Waals surface area contributed by atoms with Gasteiger partial charge in [0.2, 0.25) is 0 Å². The Hall–Kier alpha value is -3.22. The molecular weight excluding hydrogens is 360 g/mol. The number of aromatic hydroxyl groups is 2. The van der Waals surface area contributed by atoms with E-state index in [1.54, 1.807) is 42.2 Å². The summed E-state index contributed by atoms with van der Waals surface area (Å²) in [7, 11) is 0. The van der Waals surface area contributed by atoms with Gasteiger partial charge in [-0.15, -0.1) is 0 Å². The van der Waals surface area contributed by atoms with Crippen molar-refractivity contribution in [3.05, 3.63) is 54.1 Å². The molecule has 1 unspecified atom stereocenters. The Labute approximate surface area is 163 Å². The Morgan fingerprint density at radius 2 is 1.71 bits per heavy atom. The molecule has 0 spiro atoms. The number of ether oxygens (including phenoxy) is 1. The van der Waals surface area contributed by atoms with Crippen LogP contribution in [0.2, 0.25) is 0 Å². The maximum atomic E-state index is 12.6. The highest BCUT2D eigenvalue weighted by Crippen LogP contribution is 2.20. The molecule has 7 heteroatoms. The van der Waals surface area contributed by atoms with E-state index in [2.05, 4.69) is 5.32 Å². The summed E-state index contributed by atoms with van der Waals surface area (Å²) in [5.41, 5.74) is 0.247. The molecule has 0 aromatic heterocycles. The second kappa shape index (κ2) is 8.65. The number of hydrogen-bond acceptors (Lipinski definition) is 5. The van der Waals surface area contributed by atoms with Gasteiger partial charge < -0.3 is 25.2 Å². The molecule has 1 heterocycles. The van der Waals surface area contributed by atoms with Gasteiger partial charge in [-0.3, -0.25) is 9.59 Å². The van der Waals surface area contributed by atoms with E-state index in [0.717, 1.165) is 0 Å². The highest BCUT2D eigenvalue weighted by Gasteiger charge is 2.28. The number of phenolic OH excluding ortho intramolecular Hbond substituents is 2. The van der Waals surface area contributed by atoms with Gasteiger partial charge in [-0.1, -0.05) is 12.1 Å². The molecule has 148 valence electrons. The number of phenols is 2. The third-order valence-corrected chi connectivity index (χ3v) is 4.79. The molecule has 2 amide bonds. The molecule has 2 aromatic rings. The first-order chi connectivity index (χ1) is 13.4. The number of benzene rings is 2. The van der Waals surface area contributed by atoms with Gasteiger partial charge in [-0.25, -0.2) is 0 Å². The molecule has 1 saturated heterocycles. The number of likely N-dealkylation sites (tertiary alicyclic amines) is 1. The Morgan fingerprint density at radius 3 is 2.36 bits per heavy atom. The number of nitrogens with one attached hydrogen (secondary N) is 1. The van der Waals surface area contributed by atoms with Crippen molar-refractivity contribution in [3.63, 3.8) is 0 Å². The summed E-state index contributed by atoms with van der Waals surface area (Å²) in [5.74, 6) is 0.182. The van der Waals surface area contributed by atoms with Crippen molar-refractivity contribution in [2.45, 2.75) is 31.9 Å². The SMILES string of the molecule is CC(Oc1ccc(O)cc1)C(=O)N1CCC(NC(=O)c2ccccc2O)CC1. The van der Waals surface area contributed by atoms with Crippen molar-refractivity contribution in [1.82, 2.24) is 10.2 Å². The minimum atomic E-state index is -0.642. The van der Waals surface area contributed by atoms with Crippen LogP contribution in [0.1, 0.15) is 30.1 Å². The molecule has 0 bridgehead atoms. The first kappa shape index (κ1) is 19.5. The van der Waals surface area contributed by atoms with E-state index in [1.165, 1.54) is 18.2 Å². The molecule has 0 aliphatic carbocycles. The predicted octanol–water partition coefficient (Wildman–Crippen LogP) is 2.29. The molecule has 28 heavy (non-hydrogen) atoms. The molecule has 1 fully saturated rings. The number of rotatable bonds is 5. The quantitative estimate of drug-likeness (QED) is 0.735. The lowest BCUT2D eigenvalue weighted by atomic mass is 10.0. The number of carbonyl (C=O) groups excluding carboxylic acids is 2. The molecule has 1 aliphatic heterocycles. The summed E-state index contributed by atoms with van der Waals surface area (Å²) in [6, 6.07) is 12.6. The smallest absolute Gasteiger partial charge is 0.263 e. The van der Waals surface area contributed by atoms with E-state index < -0.39 is 6.10 Å². The summed E-state index contributed by atoms with van der Waals surface area (Å²) in [6.45, 7) is 2.74. The Bertz CT molecular complexity index is 829. The van der Waals surface area contributed by atoms with Gasteiger partial charge in [-0.05, 0) is 56.2 Å². The second-order valence-electron chi connectivity index (χ2n) is 6.84. The van der Waals surface area contributed by atoms with E-state index in [-0.39, 0.29) is 34.9 Å². The Balaban J connectivity index is 1.49. The van der Waals surface area contributed by atoms with Gasteiger partial charge in [0.25, 0.3) is 11.8 Å². The topological polar surface area (TPSA) is 99.1 Å². The molecule has 0 saturated carbocycles. The lowest BCUT2D eigenvalue weighted by molar-refractivity contribution is -0.139. The number of piperidine rings is 1. The van der Waals surface area contributed by atoms with Crippen molar-refractivity contribution >= 4 is 11.8 Å². The zero-order valence-electron chi connectivity index (χ0n) is 15.7. The zero-order valence-corrected chi connectivity index (χ0v) is 15.7. The monoisotopic (exact) mass is 384 g/mol. The Morgan fingerprint density at radius 1 is 1.07 bits per heavy atom. The van der Waals surface area contributed by atoms with Crippen LogP contribution >= 0.6 is 0 Å². The van der Waals surface area contributed by atoms with Crippen LogP contribution in [0.5, 0.6) is 17.2 Å². The van der Waals surface area contributed by atoms with Crippen LogP contribution in [0.25, 0.3) is 0 Å². The fourth-order valence-corrected chi connectivity index (χ4v) is 3.21. The van der Waals surface area contributed by atoms with E-state index in [1.807, 2.05) is 0 Å². The van der Waals surface area contributed by atoms with Crippen molar-refractivity contribution in [1.29, 1.82) is 0 Å². The summed E-state index contributed by atoms with van der Waals surface area (Å²) in [6.07, 6.45) is 0.630. The van der Waals surface area contributed by atoms with Crippen LogP contribution in [0, 0.1) is 0 Å². The standard InChI is InChI=1S/C21H24N2O5/c1-14(28-17-8-6-16(24)7-9-17)21(27)23-12-10-15(11-13-23)22-20(26)18-4-2-3-5-19(18)25/h2-9,14-15,24-25H,10-13H2,1H3,(H,22,26). The van der Waals surface area contributed by atoms with Gasteiger partial charge >= 0.3 is 0 Å². The fourth-order valence-electron chi connectivity index (χ4n) is 3.21. The van der Waals surface area contributed by atoms with Gasteiger partial charge in [0.05, 0.1) is 5.56 Å². The first-order valence-corrected chi connectivity index (χ1v) is 9.27. The van der Waals surface area contributed by atoms with Crippen LogP contribution in [0.3, 0.4) is 0 Å². The van der Waals surface area contributed by atoms with Crippen LogP contribution < -0.4 is 10.1 Å². The molecule has 7 nitrogen and oxygen atoms in total. The minimum Gasteiger partial charge on any atom is -0.508 e. The van der Waals surface area contributed by atoms with Crippen molar-refractivity contribution in [2.24, 2.45) is 0 Å². The third kappa shape index (κ3) is 4.73. The molecule has 1 atom stereocenters. The average Bonchev–Trinajstić information content (AvgIpc) is 2.70. The zero-order chi connectivity index (χ0) is 20.1. The van der Waals surface area contributed by atoms with Gasteiger partial charge in [0, 0.05) is 19.1 Å². The molecule has 3 rings (SSSR count). The van der Waals surface area contributed by atoms with Gasteiger partial charge in [0.1, 0.15) is 17.2 Å². The molecule has 1 aliphatic rings. The van der Waals surface area contributed by atoms with Crippen molar-refractivity contribution in [3.8, 4) is 17.2 Å². The molecule has 2 aromatic carbocycles. The highest BCUT2D eigenvalue weighted by atomic mass is 16.5. The second-order valence-corrected chi connectivity index (χ2v) is 6.84. The van der Waals surface area contributed by atoms with E-state index in [0.29, 0.717) is 31.7 Å². The first-order valence-electron chi connectivity index (χ1n) is 9.27. The number of nitrogens with zero attached hydrogens (tertiary/aromatic N) is 1. The van der Waals surface area contributed by atoms with Gasteiger partial charge in [0.15, 0.2) is 6.10 Å². The average molecular weight is 384 g/mol. The summed E-state index contributed by atoms with van der Waals surface area (Å²) in [5, 5.41) is 22.0. The highest BCUT2D eigenvalue weighted by molar-refractivity contribution is 5.96. The van der Waals surface area contributed by atoms with Crippen molar-refractivity contribution in [2.75, 3.05) is 13.1 Å². The maximum absolute atomic E-state index is 12.6. The number of amides is 2. The summed E-state index contributed by atoms with van der Waals surface area (Å²) < 4.78 is 5.65. The lowest BCUT2D eigenvalue weighted by Crippen LogP contribution is -2.49. The number of carbonyl (C=O) groups is 2. The van der Waals surface area contributed by atoms with Crippen LogP contribution in [0.4, 0.5) is 0 Å². The lowest BCUT2D eigenvalue weighted by Gasteiger charge is -2.33. The fraction of sp³-hybridized carbons (Fsp3) is 0.333.